The first-order valence-corrected chi connectivity index (χ1v) is 17.6. The van der Waals surface area contributed by atoms with Crippen molar-refractivity contribution in [3.05, 3.63) is 64.2 Å². The maximum absolute atomic E-state index is 14.4. The molecule has 2 saturated carbocycles. The first-order valence-electron chi connectivity index (χ1n) is 17.6. The van der Waals surface area contributed by atoms with E-state index in [-0.39, 0.29) is 34.5 Å². The Morgan fingerprint density at radius 3 is 1.76 bits per heavy atom. The summed E-state index contributed by atoms with van der Waals surface area (Å²) in [4.78, 5) is 41.4. The van der Waals surface area contributed by atoms with Crippen molar-refractivity contribution in [3.63, 3.8) is 0 Å². The number of aryl methyl sites for hydroxylation is 3. The zero-order valence-corrected chi connectivity index (χ0v) is 29.3. The van der Waals surface area contributed by atoms with E-state index in [0.717, 1.165) is 64.2 Å². The number of anilines is 1. The average molecular weight is 627 g/mol. The van der Waals surface area contributed by atoms with E-state index >= 15 is 0 Å². The Bertz CT molecular complexity index is 1570. The number of hydrogen-bond donors (Lipinski definition) is 2. The molecule has 2 fully saturated rings. The SMILES string of the molecule is Cc1ccc2c(c1)[C@@]1(C)CCC[C@](C)(C(=O)NC(=O)[C@@]3(C)CCC[C@]4(C)c5cc(NC(=O)OC(C)(C)C)ccc5CCC34)[C@@H]1CC2. The van der Waals surface area contributed by atoms with E-state index in [1.165, 1.54) is 27.8 Å². The minimum atomic E-state index is -0.667. The van der Waals surface area contributed by atoms with Crippen LogP contribution >= 0.6 is 0 Å². The van der Waals surface area contributed by atoms with Gasteiger partial charge in [-0.2, -0.15) is 0 Å². The third-order valence-electron chi connectivity index (χ3n) is 12.8. The van der Waals surface area contributed by atoms with Crippen molar-refractivity contribution >= 4 is 23.6 Å². The van der Waals surface area contributed by atoms with Crippen molar-refractivity contribution in [2.45, 2.75) is 136 Å². The van der Waals surface area contributed by atoms with Gasteiger partial charge in [0.2, 0.25) is 11.8 Å². The van der Waals surface area contributed by atoms with Gasteiger partial charge in [0.05, 0.1) is 10.8 Å². The highest BCUT2D eigenvalue weighted by Gasteiger charge is 2.58. The maximum atomic E-state index is 14.4. The van der Waals surface area contributed by atoms with Crippen LogP contribution in [0.5, 0.6) is 0 Å². The molecule has 4 aliphatic rings. The molecule has 3 amide bonds. The third-order valence-corrected chi connectivity index (χ3v) is 12.8. The number of fused-ring (bicyclic) bond motifs is 6. The molecule has 4 aliphatic carbocycles. The predicted molar refractivity (Wildman–Crippen MR) is 183 cm³/mol. The molecule has 0 bridgehead atoms. The van der Waals surface area contributed by atoms with Gasteiger partial charge < -0.3 is 4.74 Å². The molecule has 248 valence electrons. The Hall–Kier alpha value is -3.15. The molecule has 6 atom stereocenters. The lowest BCUT2D eigenvalue weighted by molar-refractivity contribution is -0.150. The molecule has 1 unspecified atom stereocenters. The summed E-state index contributed by atoms with van der Waals surface area (Å²) in [6, 6.07) is 13.0. The van der Waals surface area contributed by atoms with E-state index in [1.54, 1.807) is 0 Å². The summed E-state index contributed by atoms with van der Waals surface area (Å²) in [6.45, 7) is 16.6. The number of amides is 3. The number of hydrogen-bond acceptors (Lipinski definition) is 4. The Morgan fingerprint density at radius 2 is 1.24 bits per heavy atom. The number of benzene rings is 2. The molecule has 2 N–H and O–H groups in total. The van der Waals surface area contributed by atoms with Crippen LogP contribution in [0.1, 0.15) is 128 Å². The van der Waals surface area contributed by atoms with Crippen molar-refractivity contribution in [1.29, 1.82) is 0 Å². The topological polar surface area (TPSA) is 84.5 Å². The Kier molecular flexibility index (Phi) is 8.00. The average Bonchev–Trinajstić information content (AvgIpc) is 2.96. The van der Waals surface area contributed by atoms with Crippen molar-refractivity contribution in [2.75, 3.05) is 5.32 Å². The van der Waals surface area contributed by atoms with Crippen LogP contribution in [-0.4, -0.2) is 23.5 Å². The molecule has 0 heterocycles. The summed E-state index contributed by atoms with van der Waals surface area (Å²) < 4.78 is 5.50. The van der Waals surface area contributed by atoms with Crippen LogP contribution in [-0.2, 0) is 38.0 Å². The van der Waals surface area contributed by atoms with Crippen LogP contribution in [0.2, 0.25) is 0 Å². The number of carbonyl (C=O) groups is 3. The van der Waals surface area contributed by atoms with E-state index in [0.29, 0.717) is 5.69 Å². The van der Waals surface area contributed by atoms with Crippen LogP contribution in [0.25, 0.3) is 0 Å². The molecule has 6 nitrogen and oxygen atoms in total. The van der Waals surface area contributed by atoms with Crippen LogP contribution in [0.4, 0.5) is 10.5 Å². The number of ether oxygens (including phenoxy) is 1. The minimum absolute atomic E-state index is 0.0710. The van der Waals surface area contributed by atoms with Gasteiger partial charge in [-0.1, -0.05) is 70.4 Å². The van der Waals surface area contributed by atoms with Crippen LogP contribution in [0, 0.1) is 29.6 Å². The first kappa shape index (κ1) is 32.8. The molecule has 6 heteroatoms. The zero-order chi connectivity index (χ0) is 33.3. The monoisotopic (exact) mass is 626 g/mol. The maximum Gasteiger partial charge on any atom is 0.412 e. The predicted octanol–water partition coefficient (Wildman–Crippen LogP) is 8.71. The molecule has 2 aromatic carbocycles. The van der Waals surface area contributed by atoms with Crippen LogP contribution in [0.15, 0.2) is 36.4 Å². The molecule has 46 heavy (non-hydrogen) atoms. The van der Waals surface area contributed by atoms with Crippen molar-refractivity contribution < 1.29 is 19.1 Å². The third kappa shape index (κ3) is 5.38. The fourth-order valence-electron chi connectivity index (χ4n) is 10.5. The molecule has 0 spiro atoms. The smallest absolute Gasteiger partial charge is 0.412 e. The van der Waals surface area contributed by atoms with Crippen LogP contribution in [0.3, 0.4) is 0 Å². The van der Waals surface area contributed by atoms with Gasteiger partial charge in [-0.25, -0.2) is 4.79 Å². The molecule has 0 aliphatic heterocycles. The fourth-order valence-corrected chi connectivity index (χ4v) is 10.5. The van der Waals surface area contributed by atoms with Gasteiger partial charge in [0.1, 0.15) is 5.60 Å². The van der Waals surface area contributed by atoms with Gasteiger partial charge in [-0.3, -0.25) is 20.2 Å². The largest absolute Gasteiger partial charge is 0.444 e. The van der Waals surface area contributed by atoms with Crippen LogP contribution < -0.4 is 10.6 Å². The normalized spacial score (nSPS) is 33.4. The van der Waals surface area contributed by atoms with Crippen molar-refractivity contribution in [3.8, 4) is 0 Å². The number of nitrogens with one attached hydrogen (secondary N) is 2. The molecule has 0 radical (unpaired) electrons. The summed E-state index contributed by atoms with van der Waals surface area (Å²) >= 11 is 0. The summed E-state index contributed by atoms with van der Waals surface area (Å²) in [5.41, 5.74) is 5.11. The van der Waals surface area contributed by atoms with E-state index < -0.39 is 22.5 Å². The van der Waals surface area contributed by atoms with E-state index in [4.69, 9.17) is 4.74 Å². The first-order chi connectivity index (χ1) is 21.5. The second-order valence-electron chi connectivity index (χ2n) is 17.0. The highest BCUT2D eigenvalue weighted by molar-refractivity contribution is 6.01. The van der Waals surface area contributed by atoms with Gasteiger partial charge >= 0.3 is 6.09 Å². The second-order valence-corrected chi connectivity index (χ2v) is 17.0. The van der Waals surface area contributed by atoms with Gasteiger partial charge in [0.25, 0.3) is 0 Å². The molecule has 6 rings (SSSR count). The van der Waals surface area contributed by atoms with Gasteiger partial charge in [0, 0.05) is 5.69 Å². The molecule has 0 aromatic heterocycles. The lowest BCUT2D eigenvalue weighted by Gasteiger charge is -2.56. The van der Waals surface area contributed by atoms with E-state index in [9.17, 15) is 14.4 Å². The number of carbonyl (C=O) groups excluding carboxylic acids is 3. The Morgan fingerprint density at radius 1 is 0.739 bits per heavy atom. The van der Waals surface area contributed by atoms with E-state index in [1.807, 2.05) is 26.8 Å². The molecular formula is C40H54N2O4. The van der Waals surface area contributed by atoms with Gasteiger partial charge in [-0.05, 0) is 136 Å². The summed E-state index contributed by atoms with van der Waals surface area (Å²) in [7, 11) is 0. The Labute approximate surface area is 275 Å². The second kappa shape index (κ2) is 11.2. The number of imide groups is 1. The Balaban J connectivity index is 1.24. The minimum Gasteiger partial charge on any atom is -0.444 e. The fraction of sp³-hybridized carbons (Fsp3) is 0.625. The summed E-state index contributed by atoms with van der Waals surface area (Å²) in [6.07, 6.45) is 8.75. The lowest BCUT2D eigenvalue weighted by Crippen LogP contribution is -2.60. The highest BCUT2D eigenvalue weighted by Crippen LogP contribution is 2.59. The lowest BCUT2D eigenvalue weighted by atomic mass is 9.49. The standard InChI is InChI=1S/C40H54N2O4/c1-25-11-12-26-14-17-31-37(5,29(26)23-25)19-9-21-39(31,7)33(43)42-34(44)40(8)22-10-20-38(6)30-24-28(41-35(45)46-36(2,3)4)16-13-27(30)15-18-32(38)40/h11-13,16,23-24,31-32H,9-10,14-15,17-22H2,1-8H3,(H,41,45)(H,42,43,44)/t31-,32?,37-,38-,39+,40+/m1/s1. The highest BCUT2D eigenvalue weighted by atomic mass is 16.6. The summed E-state index contributed by atoms with van der Waals surface area (Å²) in [5.74, 6) is 0.0797. The number of rotatable bonds is 3. The van der Waals surface area contributed by atoms with Gasteiger partial charge in [-0.15, -0.1) is 0 Å². The van der Waals surface area contributed by atoms with E-state index in [2.05, 4.69) is 75.6 Å². The zero-order valence-electron chi connectivity index (χ0n) is 29.3. The van der Waals surface area contributed by atoms with Gasteiger partial charge in [0.15, 0.2) is 0 Å². The molecular weight excluding hydrogens is 572 g/mol. The summed E-state index contributed by atoms with van der Waals surface area (Å²) in [5, 5.41) is 5.99. The quantitative estimate of drug-likeness (QED) is 0.334. The van der Waals surface area contributed by atoms with Crippen molar-refractivity contribution in [1.82, 2.24) is 5.32 Å². The van der Waals surface area contributed by atoms with Crippen molar-refractivity contribution in [2.24, 2.45) is 22.7 Å². The molecule has 0 saturated heterocycles. The molecule has 2 aromatic rings.